The van der Waals surface area contributed by atoms with Gasteiger partial charge in [-0.05, 0) is 26.2 Å². The first-order valence-corrected chi connectivity index (χ1v) is 8.55. The Bertz CT molecular complexity index is 407. The minimum Gasteiger partial charge on any atom is -0.323 e. The number of sulfone groups is 1. The number of carbonyl (C=O) groups is 1. The van der Waals surface area contributed by atoms with E-state index in [4.69, 9.17) is 0 Å². The van der Waals surface area contributed by atoms with Crippen LogP contribution in [-0.2, 0) is 14.6 Å². The maximum Gasteiger partial charge on any atom is 0.240 e. The molecule has 0 aromatic heterocycles. The Labute approximate surface area is 109 Å². The number of amides is 1. The minimum atomic E-state index is -2.86. The number of carbonyl (C=O) groups excluding carboxylic acids is 1. The van der Waals surface area contributed by atoms with Crippen LogP contribution in [-0.4, -0.2) is 49.0 Å². The molecule has 2 heterocycles. The van der Waals surface area contributed by atoms with Crippen molar-refractivity contribution in [3.8, 4) is 0 Å². The molecule has 5 nitrogen and oxygen atoms in total. The van der Waals surface area contributed by atoms with Crippen molar-refractivity contribution in [3.05, 3.63) is 0 Å². The van der Waals surface area contributed by atoms with E-state index in [1.165, 1.54) is 0 Å². The zero-order chi connectivity index (χ0) is 13.3. The molecular weight excluding hydrogens is 252 g/mol. The van der Waals surface area contributed by atoms with Crippen LogP contribution in [0.25, 0.3) is 0 Å². The van der Waals surface area contributed by atoms with Crippen molar-refractivity contribution in [2.24, 2.45) is 0 Å². The van der Waals surface area contributed by atoms with Crippen molar-refractivity contribution < 1.29 is 13.2 Å². The van der Waals surface area contributed by atoms with Gasteiger partial charge >= 0.3 is 0 Å². The van der Waals surface area contributed by atoms with Crippen molar-refractivity contribution in [3.63, 3.8) is 0 Å². The fourth-order valence-corrected chi connectivity index (χ4v) is 4.37. The van der Waals surface area contributed by atoms with Gasteiger partial charge in [-0.1, -0.05) is 13.3 Å². The predicted octanol–water partition coefficient (Wildman–Crippen LogP) is 0.510. The average molecular weight is 274 g/mol. The SMILES string of the molecule is CCCC1NC(C)C(=O)N1C1CCS(=O)(=O)CC1. The number of hydrogen-bond donors (Lipinski definition) is 1. The summed E-state index contributed by atoms with van der Waals surface area (Å²) in [7, 11) is -2.86. The molecule has 6 heteroatoms. The molecule has 1 N–H and O–H groups in total. The molecular formula is C12H22N2O3S. The predicted molar refractivity (Wildman–Crippen MR) is 69.8 cm³/mol. The Morgan fingerprint density at radius 3 is 2.50 bits per heavy atom. The van der Waals surface area contributed by atoms with Crippen LogP contribution in [0.3, 0.4) is 0 Å². The summed E-state index contributed by atoms with van der Waals surface area (Å²) < 4.78 is 22.9. The highest BCUT2D eigenvalue weighted by Crippen LogP contribution is 2.25. The zero-order valence-electron chi connectivity index (χ0n) is 11.1. The van der Waals surface area contributed by atoms with Gasteiger partial charge in [-0.25, -0.2) is 8.42 Å². The van der Waals surface area contributed by atoms with Crippen LogP contribution in [0, 0.1) is 0 Å². The van der Waals surface area contributed by atoms with E-state index < -0.39 is 9.84 Å². The van der Waals surface area contributed by atoms with Gasteiger partial charge in [-0.3, -0.25) is 10.1 Å². The zero-order valence-corrected chi connectivity index (χ0v) is 11.9. The first kappa shape index (κ1) is 13.8. The second-order valence-corrected chi connectivity index (χ2v) is 7.62. The fourth-order valence-electron chi connectivity index (χ4n) is 2.90. The summed E-state index contributed by atoms with van der Waals surface area (Å²) in [5, 5.41) is 3.30. The van der Waals surface area contributed by atoms with E-state index in [1.807, 2.05) is 11.8 Å². The smallest absolute Gasteiger partial charge is 0.240 e. The van der Waals surface area contributed by atoms with Crippen molar-refractivity contribution in [1.82, 2.24) is 10.2 Å². The Balaban J connectivity index is 2.08. The molecule has 0 radical (unpaired) electrons. The van der Waals surface area contributed by atoms with Crippen LogP contribution >= 0.6 is 0 Å². The molecule has 0 saturated carbocycles. The lowest BCUT2D eigenvalue weighted by molar-refractivity contribution is -0.132. The van der Waals surface area contributed by atoms with Gasteiger partial charge in [-0.2, -0.15) is 0 Å². The summed E-state index contributed by atoms with van der Waals surface area (Å²) >= 11 is 0. The van der Waals surface area contributed by atoms with E-state index in [0.29, 0.717) is 12.8 Å². The molecule has 0 bridgehead atoms. The van der Waals surface area contributed by atoms with Crippen LogP contribution < -0.4 is 5.32 Å². The third kappa shape index (κ3) is 2.69. The highest BCUT2D eigenvalue weighted by atomic mass is 32.2. The molecule has 2 aliphatic heterocycles. The van der Waals surface area contributed by atoms with Crippen molar-refractivity contribution in [2.45, 2.75) is 57.8 Å². The van der Waals surface area contributed by atoms with Crippen LogP contribution in [0.5, 0.6) is 0 Å². The van der Waals surface area contributed by atoms with Gasteiger partial charge in [-0.15, -0.1) is 0 Å². The normalized spacial score (nSPS) is 33.0. The number of hydrogen-bond acceptors (Lipinski definition) is 4. The monoisotopic (exact) mass is 274 g/mol. The van der Waals surface area contributed by atoms with Gasteiger partial charge in [0.2, 0.25) is 5.91 Å². The highest BCUT2D eigenvalue weighted by molar-refractivity contribution is 7.91. The van der Waals surface area contributed by atoms with Crippen LogP contribution in [0.4, 0.5) is 0 Å². The topological polar surface area (TPSA) is 66.5 Å². The van der Waals surface area contributed by atoms with Crippen LogP contribution in [0.15, 0.2) is 0 Å². The van der Waals surface area contributed by atoms with Gasteiger partial charge in [0.25, 0.3) is 0 Å². The highest BCUT2D eigenvalue weighted by Gasteiger charge is 2.41. The maximum atomic E-state index is 12.2. The van der Waals surface area contributed by atoms with Crippen molar-refractivity contribution in [1.29, 1.82) is 0 Å². The second kappa shape index (κ2) is 5.17. The molecule has 0 spiro atoms. The summed E-state index contributed by atoms with van der Waals surface area (Å²) in [6, 6.07) is -0.0462. The molecule has 0 aliphatic carbocycles. The molecule has 18 heavy (non-hydrogen) atoms. The van der Waals surface area contributed by atoms with Gasteiger partial charge in [0, 0.05) is 6.04 Å². The van der Waals surface area contributed by atoms with Gasteiger partial charge < -0.3 is 4.90 Å². The van der Waals surface area contributed by atoms with E-state index in [9.17, 15) is 13.2 Å². The van der Waals surface area contributed by atoms with E-state index in [2.05, 4.69) is 12.2 Å². The molecule has 1 amide bonds. The molecule has 2 rings (SSSR count). The third-order valence-electron chi connectivity index (χ3n) is 3.88. The van der Waals surface area contributed by atoms with Crippen molar-refractivity contribution >= 4 is 15.7 Å². The number of nitrogens with zero attached hydrogens (tertiary/aromatic N) is 1. The lowest BCUT2D eigenvalue weighted by atomic mass is 10.1. The largest absolute Gasteiger partial charge is 0.323 e. The number of nitrogens with one attached hydrogen (secondary N) is 1. The molecule has 2 saturated heterocycles. The van der Waals surface area contributed by atoms with E-state index in [1.54, 1.807) is 0 Å². The van der Waals surface area contributed by atoms with Gasteiger partial charge in [0.1, 0.15) is 9.84 Å². The average Bonchev–Trinajstić information content (AvgIpc) is 2.57. The summed E-state index contributed by atoms with van der Waals surface area (Å²) in [6.07, 6.45) is 3.20. The summed E-state index contributed by atoms with van der Waals surface area (Å²) in [5.74, 6) is 0.557. The molecule has 2 atom stereocenters. The molecule has 0 aromatic carbocycles. The molecule has 2 unspecified atom stereocenters. The lowest BCUT2D eigenvalue weighted by Gasteiger charge is -2.35. The number of rotatable bonds is 3. The molecule has 104 valence electrons. The van der Waals surface area contributed by atoms with Crippen LogP contribution in [0.2, 0.25) is 0 Å². The van der Waals surface area contributed by atoms with Gasteiger partial charge in [0.15, 0.2) is 0 Å². The molecule has 2 aliphatic rings. The maximum absolute atomic E-state index is 12.2. The second-order valence-electron chi connectivity index (χ2n) is 5.32. The van der Waals surface area contributed by atoms with Crippen molar-refractivity contribution in [2.75, 3.05) is 11.5 Å². The Kier molecular flexibility index (Phi) is 3.96. The van der Waals surface area contributed by atoms with Crippen LogP contribution in [0.1, 0.15) is 39.5 Å². The summed E-state index contributed by atoms with van der Waals surface area (Å²) in [6.45, 7) is 3.98. The van der Waals surface area contributed by atoms with E-state index >= 15 is 0 Å². The summed E-state index contributed by atoms with van der Waals surface area (Å²) in [5.41, 5.74) is 0. The first-order chi connectivity index (χ1) is 8.44. The lowest BCUT2D eigenvalue weighted by Crippen LogP contribution is -2.47. The first-order valence-electron chi connectivity index (χ1n) is 6.73. The molecule has 2 fully saturated rings. The third-order valence-corrected chi connectivity index (χ3v) is 5.60. The quantitative estimate of drug-likeness (QED) is 0.814. The Morgan fingerprint density at radius 1 is 1.33 bits per heavy atom. The van der Waals surface area contributed by atoms with Gasteiger partial charge in [0.05, 0.1) is 23.7 Å². The molecule has 0 aromatic rings. The Morgan fingerprint density at radius 2 is 1.94 bits per heavy atom. The minimum absolute atomic E-state index is 0.0864. The van der Waals surface area contributed by atoms with E-state index in [-0.39, 0.29) is 35.7 Å². The van der Waals surface area contributed by atoms with E-state index in [0.717, 1.165) is 12.8 Å². The fraction of sp³-hybridized carbons (Fsp3) is 0.917. The summed E-state index contributed by atoms with van der Waals surface area (Å²) in [4.78, 5) is 14.1. The standard InChI is InChI=1S/C12H22N2O3S/c1-3-4-11-13-9(2)12(15)14(11)10-5-7-18(16,17)8-6-10/h9-11,13H,3-8H2,1-2H3. The Hall–Kier alpha value is -0.620.